The van der Waals surface area contributed by atoms with Crippen LogP contribution in [0.2, 0.25) is 0 Å². The molecule has 4 nitrogen and oxygen atoms in total. The van der Waals surface area contributed by atoms with E-state index in [1.807, 2.05) is 6.92 Å². The summed E-state index contributed by atoms with van der Waals surface area (Å²) in [6, 6.07) is 0. The van der Waals surface area contributed by atoms with Crippen molar-refractivity contribution in [1.29, 1.82) is 0 Å². The minimum atomic E-state index is 0.198. The normalized spacial score (nSPS) is 13.1. The van der Waals surface area contributed by atoms with Gasteiger partial charge in [-0.05, 0) is 6.42 Å². The zero-order chi connectivity index (χ0) is 9.52. The SMILES string of the molecule is [CH2]CCCOCC(C)c1ncon1. The fraction of sp³-hybridized carbons (Fsp3) is 0.667. The Hall–Kier alpha value is -0.900. The van der Waals surface area contributed by atoms with Crippen molar-refractivity contribution in [2.45, 2.75) is 25.7 Å². The third-order valence-electron chi connectivity index (χ3n) is 1.73. The second-order valence-electron chi connectivity index (χ2n) is 2.97. The first kappa shape index (κ1) is 10.2. The average Bonchev–Trinajstić information content (AvgIpc) is 2.65. The summed E-state index contributed by atoms with van der Waals surface area (Å²) in [6.07, 6.45) is 3.25. The van der Waals surface area contributed by atoms with Gasteiger partial charge in [0.1, 0.15) is 0 Å². The van der Waals surface area contributed by atoms with E-state index in [1.165, 1.54) is 6.39 Å². The summed E-state index contributed by atoms with van der Waals surface area (Å²) in [5, 5.41) is 3.74. The first-order valence-corrected chi connectivity index (χ1v) is 4.48. The Balaban J connectivity index is 2.15. The third-order valence-corrected chi connectivity index (χ3v) is 1.73. The smallest absolute Gasteiger partial charge is 0.213 e. The molecule has 0 saturated heterocycles. The van der Waals surface area contributed by atoms with Crippen molar-refractivity contribution in [1.82, 2.24) is 10.1 Å². The van der Waals surface area contributed by atoms with Crippen LogP contribution >= 0.6 is 0 Å². The molecule has 1 rings (SSSR count). The van der Waals surface area contributed by atoms with Crippen LogP contribution < -0.4 is 0 Å². The zero-order valence-corrected chi connectivity index (χ0v) is 7.90. The highest BCUT2D eigenvalue weighted by Crippen LogP contribution is 2.09. The predicted octanol–water partition coefficient (Wildman–Crippen LogP) is 1.80. The van der Waals surface area contributed by atoms with E-state index < -0.39 is 0 Å². The van der Waals surface area contributed by atoms with E-state index in [2.05, 4.69) is 21.6 Å². The minimum absolute atomic E-state index is 0.198. The van der Waals surface area contributed by atoms with Gasteiger partial charge >= 0.3 is 0 Å². The van der Waals surface area contributed by atoms with Crippen LogP contribution in [0.4, 0.5) is 0 Å². The van der Waals surface area contributed by atoms with Crippen molar-refractivity contribution in [3.63, 3.8) is 0 Å². The predicted molar refractivity (Wildman–Crippen MR) is 48.1 cm³/mol. The second kappa shape index (κ2) is 5.70. The van der Waals surface area contributed by atoms with E-state index in [0.717, 1.165) is 19.4 Å². The summed E-state index contributed by atoms with van der Waals surface area (Å²) in [5.41, 5.74) is 0. The molecular weight excluding hydrogens is 168 g/mol. The Bertz CT molecular complexity index is 211. The zero-order valence-electron chi connectivity index (χ0n) is 7.90. The van der Waals surface area contributed by atoms with Crippen molar-refractivity contribution in [2.75, 3.05) is 13.2 Å². The number of rotatable bonds is 6. The van der Waals surface area contributed by atoms with Crippen LogP contribution in [0, 0.1) is 6.92 Å². The second-order valence-corrected chi connectivity index (χ2v) is 2.97. The molecule has 0 saturated carbocycles. The number of aromatic nitrogens is 2. The Morgan fingerprint density at radius 3 is 3.15 bits per heavy atom. The lowest BCUT2D eigenvalue weighted by Gasteiger charge is -2.06. The van der Waals surface area contributed by atoms with Crippen molar-refractivity contribution >= 4 is 0 Å². The van der Waals surface area contributed by atoms with Crippen LogP contribution in [-0.4, -0.2) is 23.4 Å². The van der Waals surface area contributed by atoms with E-state index in [9.17, 15) is 0 Å². The topological polar surface area (TPSA) is 48.2 Å². The summed E-state index contributed by atoms with van der Waals surface area (Å²) in [4.78, 5) is 3.94. The Kier molecular flexibility index (Phi) is 4.46. The minimum Gasteiger partial charge on any atom is -0.381 e. The maximum atomic E-state index is 5.40. The fourth-order valence-electron chi connectivity index (χ4n) is 0.935. The lowest BCUT2D eigenvalue weighted by atomic mass is 10.2. The molecule has 1 heterocycles. The molecule has 0 N–H and O–H groups in total. The van der Waals surface area contributed by atoms with Gasteiger partial charge in [-0.15, -0.1) is 0 Å². The number of nitrogens with zero attached hydrogens (tertiary/aromatic N) is 2. The van der Waals surface area contributed by atoms with Gasteiger partial charge in [0.05, 0.1) is 6.61 Å². The molecule has 13 heavy (non-hydrogen) atoms. The highest BCUT2D eigenvalue weighted by molar-refractivity contribution is 4.88. The number of hydrogen-bond acceptors (Lipinski definition) is 4. The summed E-state index contributed by atoms with van der Waals surface area (Å²) >= 11 is 0. The molecule has 0 spiro atoms. The van der Waals surface area contributed by atoms with Crippen LogP contribution in [0.25, 0.3) is 0 Å². The molecule has 0 amide bonds. The van der Waals surface area contributed by atoms with Crippen molar-refractivity contribution < 1.29 is 9.26 Å². The highest BCUT2D eigenvalue weighted by Gasteiger charge is 2.09. The van der Waals surface area contributed by atoms with Crippen LogP contribution in [0.1, 0.15) is 31.5 Å². The molecule has 0 fully saturated rings. The summed E-state index contributed by atoms with van der Waals surface area (Å²) in [6.45, 7) is 7.14. The van der Waals surface area contributed by atoms with Gasteiger partial charge in [0.2, 0.25) is 6.39 Å². The van der Waals surface area contributed by atoms with Crippen molar-refractivity contribution in [3.8, 4) is 0 Å². The molecule has 4 heteroatoms. The van der Waals surface area contributed by atoms with Gasteiger partial charge < -0.3 is 9.26 Å². The molecule has 1 aromatic heterocycles. The molecule has 73 valence electrons. The van der Waals surface area contributed by atoms with Gasteiger partial charge in [0, 0.05) is 12.5 Å². The quantitative estimate of drug-likeness (QED) is 0.631. The molecule has 0 aliphatic rings. The standard InChI is InChI=1S/C9H15N2O2/c1-3-4-5-12-6-8(2)9-10-7-13-11-9/h7-8H,1,3-6H2,2H3. The lowest BCUT2D eigenvalue weighted by Crippen LogP contribution is -2.06. The lowest BCUT2D eigenvalue weighted by molar-refractivity contribution is 0.119. The van der Waals surface area contributed by atoms with Gasteiger partial charge in [0.15, 0.2) is 5.82 Å². The largest absolute Gasteiger partial charge is 0.381 e. The number of hydrogen-bond donors (Lipinski definition) is 0. The maximum Gasteiger partial charge on any atom is 0.213 e. The molecule has 0 aliphatic carbocycles. The van der Waals surface area contributed by atoms with Crippen LogP contribution in [-0.2, 0) is 4.74 Å². The van der Waals surface area contributed by atoms with E-state index in [0.29, 0.717) is 12.4 Å². The number of unbranched alkanes of at least 4 members (excludes halogenated alkanes) is 1. The number of ether oxygens (including phenoxy) is 1. The van der Waals surface area contributed by atoms with Gasteiger partial charge in [-0.1, -0.05) is 25.4 Å². The van der Waals surface area contributed by atoms with Crippen LogP contribution in [0.15, 0.2) is 10.9 Å². The molecule has 1 atom stereocenters. The van der Waals surface area contributed by atoms with Gasteiger partial charge in [-0.2, -0.15) is 4.98 Å². The van der Waals surface area contributed by atoms with Gasteiger partial charge in [-0.25, -0.2) is 0 Å². The van der Waals surface area contributed by atoms with Gasteiger partial charge in [-0.3, -0.25) is 0 Å². The first-order chi connectivity index (χ1) is 6.34. The van der Waals surface area contributed by atoms with E-state index in [-0.39, 0.29) is 5.92 Å². The maximum absolute atomic E-state index is 5.40. The molecule has 0 aliphatic heterocycles. The average molecular weight is 183 g/mol. The summed E-state index contributed by atoms with van der Waals surface area (Å²) in [5.74, 6) is 0.901. The Morgan fingerprint density at radius 1 is 1.69 bits per heavy atom. The van der Waals surface area contributed by atoms with Crippen molar-refractivity contribution in [2.24, 2.45) is 0 Å². The highest BCUT2D eigenvalue weighted by atomic mass is 16.5. The monoisotopic (exact) mass is 183 g/mol. The molecular formula is C9H15N2O2. The Labute approximate surface area is 78.3 Å². The van der Waals surface area contributed by atoms with E-state index >= 15 is 0 Å². The van der Waals surface area contributed by atoms with Crippen molar-refractivity contribution in [3.05, 3.63) is 19.1 Å². The molecule has 0 bridgehead atoms. The van der Waals surface area contributed by atoms with Gasteiger partial charge in [0.25, 0.3) is 0 Å². The molecule has 1 radical (unpaired) electrons. The molecule has 1 aromatic rings. The summed E-state index contributed by atoms with van der Waals surface area (Å²) < 4.78 is 10.0. The van der Waals surface area contributed by atoms with Crippen LogP contribution in [0.3, 0.4) is 0 Å². The third kappa shape index (κ3) is 3.55. The molecule has 0 aromatic carbocycles. The van der Waals surface area contributed by atoms with E-state index in [4.69, 9.17) is 4.74 Å². The van der Waals surface area contributed by atoms with E-state index in [1.54, 1.807) is 0 Å². The fourth-order valence-corrected chi connectivity index (χ4v) is 0.935. The molecule has 1 unspecified atom stereocenters. The summed E-state index contributed by atoms with van der Waals surface area (Å²) in [7, 11) is 0. The Morgan fingerprint density at radius 2 is 2.54 bits per heavy atom. The first-order valence-electron chi connectivity index (χ1n) is 4.48. The van der Waals surface area contributed by atoms with Crippen LogP contribution in [0.5, 0.6) is 0 Å².